The minimum atomic E-state index is -0.558. The van der Waals surface area contributed by atoms with E-state index in [1.165, 1.54) is 0 Å². The smallest absolute Gasteiger partial charge is 0.274 e. The van der Waals surface area contributed by atoms with Gasteiger partial charge in [-0.3, -0.25) is 14.8 Å². The largest absolute Gasteiger partial charge is 0.356 e. The highest BCUT2D eigenvalue weighted by Crippen LogP contribution is 2.51. The van der Waals surface area contributed by atoms with E-state index in [-0.39, 0.29) is 11.8 Å². The van der Waals surface area contributed by atoms with Gasteiger partial charge in [0.25, 0.3) is 5.91 Å². The third-order valence-electron chi connectivity index (χ3n) is 6.46. The minimum absolute atomic E-state index is 0.0781. The molecule has 29 heavy (non-hydrogen) atoms. The summed E-state index contributed by atoms with van der Waals surface area (Å²) in [7, 11) is 0. The third kappa shape index (κ3) is 2.79. The van der Waals surface area contributed by atoms with Crippen molar-refractivity contribution in [1.82, 2.24) is 21.1 Å². The maximum atomic E-state index is 12.9. The van der Waals surface area contributed by atoms with Crippen LogP contribution in [0, 0.1) is 5.41 Å². The molecule has 2 atom stereocenters. The van der Waals surface area contributed by atoms with Crippen LogP contribution < -0.4 is 10.8 Å². The Morgan fingerprint density at radius 2 is 2.07 bits per heavy atom. The van der Waals surface area contributed by atoms with Gasteiger partial charge in [-0.1, -0.05) is 12.1 Å². The first-order valence-corrected chi connectivity index (χ1v) is 9.67. The Kier molecular flexibility index (Phi) is 4.09. The molecule has 2 aromatic carbocycles. The highest BCUT2D eigenvalue weighted by Gasteiger charge is 2.51. The summed E-state index contributed by atoms with van der Waals surface area (Å²) in [5.41, 5.74) is 6.10. The number of benzene rings is 2. The Bertz CT molecular complexity index is 1120. The van der Waals surface area contributed by atoms with Crippen molar-refractivity contribution in [2.45, 2.75) is 31.6 Å². The van der Waals surface area contributed by atoms with Gasteiger partial charge in [-0.25, -0.2) is 10.1 Å². The fraction of sp³-hybridized carbons (Fsp3) is 0.333. The standard InChI is InChI=1S/C21H20N4O4/c26-19(23-28)14-3-2-13-5-6-21(7-8-22-20(21)27)16(15(13)11-14)9-12-1-4-17-18(10-12)25-29-24-17/h1-4,10-11,16,28H,5-9H2,(H,22,27)(H,23,26). The molecule has 8 heteroatoms. The SMILES string of the molecule is O=C(NO)c1ccc2c(c1)C(Cc1ccc3nonc3c1)C1(CCNC1=O)CC2. The molecule has 8 nitrogen and oxygen atoms in total. The van der Waals surface area contributed by atoms with Gasteiger partial charge in [-0.05, 0) is 77.0 Å². The van der Waals surface area contributed by atoms with Crippen LogP contribution in [0.5, 0.6) is 0 Å². The van der Waals surface area contributed by atoms with Crippen LogP contribution in [0.4, 0.5) is 0 Å². The Balaban J connectivity index is 1.61. The Morgan fingerprint density at radius 1 is 1.21 bits per heavy atom. The predicted octanol–water partition coefficient (Wildman–Crippen LogP) is 2.12. The van der Waals surface area contributed by atoms with Crippen LogP contribution in [-0.2, 0) is 17.6 Å². The van der Waals surface area contributed by atoms with Crippen molar-refractivity contribution in [2.24, 2.45) is 5.41 Å². The number of hydrogen-bond donors (Lipinski definition) is 3. The van der Waals surface area contributed by atoms with Gasteiger partial charge >= 0.3 is 0 Å². The summed E-state index contributed by atoms with van der Waals surface area (Å²) in [5.74, 6) is -0.566. The van der Waals surface area contributed by atoms with Crippen molar-refractivity contribution < 1.29 is 19.4 Å². The number of aromatic nitrogens is 2. The summed E-state index contributed by atoms with van der Waals surface area (Å²) in [5, 5.41) is 19.8. The first kappa shape index (κ1) is 17.8. The topological polar surface area (TPSA) is 117 Å². The molecule has 2 unspecified atom stereocenters. The molecule has 1 saturated heterocycles. The molecule has 3 aromatic rings. The summed E-state index contributed by atoms with van der Waals surface area (Å²) in [6.45, 7) is 0.660. The van der Waals surface area contributed by atoms with E-state index >= 15 is 0 Å². The fourth-order valence-corrected chi connectivity index (χ4v) is 4.94. The average Bonchev–Trinajstić information content (AvgIpc) is 3.36. The van der Waals surface area contributed by atoms with Gasteiger partial charge in [0.15, 0.2) is 0 Å². The second-order valence-corrected chi connectivity index (χ2v) is 7.86. The van der Waals surface area contributed by atoms with Crippen molar-refractivity contribution in [3.63, 3.8) is 0 Å². The Labute approximate surface area is 166 Å². The number of nitrogens with zero attached hydrogens (tertiary/aromatic N) is 2. The van der Waals surface area contributed by atoms with Crippen LogP contribution in [-0.4, -0.2) is 33.9 Å². The van der Waals surface area contributed by atoms with Gasteiger partial charge in [0, 0.05) is 18.0 Å². The molecule has 3 N–H and O–H groups in total. The lowest BCUT2D eigenvalue weighted by molar-refractivity contribution is -0.129. The van der Waals surface area contributed by atoms with E-state index in [1.807, 2.05) is 30.3 Å². The number of rotatable bonds is 3. The molecule has 1 aromatic heterocycles. The second-order valence-electron chi connectivity index (χ2n) is 7.86. The zero-order chi connectivity index (χ0) is 20.0. The van der Waals surface area contributed by atoms with Gasteiger partial charge < -0.3 is 5.32 Å². The molecule has 0 bridgehead atoms. The number of fused-ring (bicyclic) bond motifs is 2. The first-order valence-electron chi connectivity index (χ1n) is 9.67. The first-order chi connectivity index (χ1) is 14.1. The van der Waals surface area contributed by atoms with E-state index in [4.69, 9.17) is 9.84 Å². The predicted molar refractivity (Wildman–Crippen MR) is 102 cm³/mol. The van der Waals surface area contributed by atoms with Gasteiger partial charge in [0.05, 0.1) is 5.41 Å². The summed E-state index contributed by atoms with van der Waals surface area (Å²) >= 11 is 0. The molecule has 148 valence electrons. The summed E-state index contributed by atoms with van der Waals surface area (Å²) in [4.78, 5) is 24.9. The molecule has 1 spiro atoms. The second kappa shape index (κ2) is 6.66. The quantitative estimate of drug-likeness (QED) is 0.464. The third-order valence-corrected chi connectivity index (χ3v) is 6.46. The molecule has 1 aliphatic heterocycles. The monoisotopic (exact) mass is 392 g/mol. The number of nitrogens with one attached hydrogen (secondary N) is 2. The highest BCUT2D eigenvalue weighted by molar-refractivity contribution is 5.94. The van der Waals surface area contributed by atoms with Crippen molar-refractivity contribution in [3.05, 3.63) is 58.7 Å². The van der Waals surface area contributed by atoms with Crippen molar-refractivity contribution in [2.75, 3.05) is 6.54 Å². The maximum absolute atomic E-state index is 12.9. The Hall–Kier alpha value is -3.26. The fourth-order valence-electron chi connectivity index (χ4n) is 4.94. The number of amides is 2. The van der Waals surface area contributed by atoms with E-state index in [2.05, 4.69) is 15.6 Å². The van der Waals surface area contributed by atoms with Crippen LogP contribution in [0.1, 0.15) is 45.8 Å². The maximum Gasteiger partial charge on any atom is 0.274 e. The van der Waals surface area contributed by atoms with E-state index in [0.29, 0.717) is 29.6 Å². The zero-order valence-corrected chi connectivity index (χ0v) is 15.6. The number of carbonyl (C=O) groups excluding carboxylic acids is 2. The lowest BCUT2D eigenvalue weighted by Gasteiger charge is -2.41. The molecule has 1 fully saturated rings. The summed E-state index contributed by atoms with van der Waals surface area (Å²) in [6, 6.07) is 11.2. The molecule has 5 rings (SSSR count). The number of carbonyl (C=O) groups is 2. The van der Waals surface area contributed by atoms with E-state index < -0.39 is 11.3 Å². The molecule has 0 radical (unpaired) electrons. The van der Waals surface area contributed by atoms with Gasteiger partial charge in [0.1, 0.15) is 11.0 Å². The van der Waals surface area contributed by atoms with E-state index in [9.17, 15) is 9.59 Å². The molecular formula is C21H20N4O4. The normalized spacial score (nSPS) is 23.2. The lowest BCUT2D eigenvalue weighted by Crippen LogP contribution is -2.41. The van der Waals surface area contributed by atoms with Gasteiger partial charge in [-0.2, -0.15) is 0 Å². The molecule has 0 saturated carbocycles. The van der Waals surface area contributed by atoms with Crippen LogP contribution in [0.15, 0.2) is 41.0 Å². The zero-order valence-electron chi connectivity index (χ0n) is 15.6. The van der Waals surface area contributed by atoms with Gasteiger partial charge in [-0.15, -0.1) is 0 Å². The molecule has 1 aliphatic carbocycles. The van der Waals surface area contributed by atoms with Crippen LogP contribution in [0.2, 0.25) is 0 Å². The Morgan fingerprint density at radius 3 is 2.86 bits per heavy atom. The van der Waals surface area contributed by atoms with Crippen molar-refractivity contribution in [1.29, 1.82) is 0 Å². The van der Waals surface area contributed by atoms with Crippen LogP contribution in [0.25, 0.3) is 11.0 Å². The summed E-state index contributed by atoms with van der Waals surface area (Å²) < 4.78 is 4.80. The van der Waals surface area contributed by atoms with Crippen molar-refractivity contribution in [3.8, 4) is 0 Å². The van der Waals surface area contributed by atoms with Crippen LogP contribution in [0.3, 0.4) is 0 Å². The number of hydroxylamine groups is 1. The number of hydrogen-bond acceptors (Lipinski definition) is 6. The van der Waals surface area contributed by atoms with Crippen LogP contribution >= 0.6 is 0 Å². The molecule has 2 aliphatic rings. The molecular weight excluding hydrogens is 372 g/mol. The van der Waals surface area contributed by atoms with Gasteiger partial charge in [0.2, 0.25) is 5.91 Å². The average molecular weight is 392 g/mol. The minimum Gasteiger partial charge on any atom is -0.356 e. The lowest BCUT2D eigenvalue weighted by atomic mass is 9.61. The van der Waals surface area contributed by atoms with Crippen molar-refractivity contribution >= 4 is 22.8 Å². The van der Waals surface area contributed by atoms with E-state index in [1.54, 1.807) is 11.5 Å². The summed E-state index contributed by atoms with van der Waals surface area (Å²) in [6.07, 6.45) is 2.95. The number of aryl methyl sites for hydroxylation is 1. The van der Waals surface area contributed by atoms with E-state index in [0.717, 1.165) is 36.0 Å². The molecule has 2 amide bonds. The molecule has 2 heterocycles. The highest BCUT2D eigenvalue weighted by atomic mass is 16.6.